The van der Waals surface area contributed by atoms with Gasteiger partial charge in [0.05, 0.1) is 5.56 Å². The molecule has 1 heterocycles. The third-order valence-corrected chi connectivity index (χ3v) is 3.33. The van der Waals surface area contributed by atoms with Gasteiger partial charge in [-0.3, -0.25) is 0 Å². The number of nitrogens with two attached hydrogens (primary N) is 1. The molecule has 0 amide bonds. The first-order valence-electron chi connectivity index (χ1n) is 6.56. The first kappa shape index (κ1) is 13.3. The molecule has 0 saturated carbocycles. The lowest BCUT2D eigenvalue weighted by atomic mass is 10.1. The maximum Gasteiger partial charge on any atom is 0.260 e. The van der Waals surface area contributed by atoms with E-state index in [0.717, 1.165) is 5.56 Å². The van der Waals surface area contributed by atoms with E-state index in [-0.39, 0.29) is 12.2 Å². The van der Waals surface area contributed by atoms with E-state index in [2.05, 4.69) is 10.1 Å². The summed E-state index contributed by atoms with van der Waals surface area (Å²) in [6.45, 7) is 1.91. The second kappa shape index (κ2) is 5.36. The summed E-state index contributed by atoms with van der Waals surface area (Å²) in [5.41, 5.74) is 8.79. The SMILES string of the molecule is Cc1cccc(-c2nc(Cc3ccccc3F)no2)c1N. The van der Waals surface area contributed by atoms with Gasteiger partial charge in [-0.25, -0.2) is 4.39 Å². The molecule has 3 aromatic rings. The van der Waals surface area contributed by atoms with Crippen molar-refractivity contribution in [2.75, 3.05) is 5.73 Å². The molecule has 0 atom stereocenters. The van der Waals surface area contributed by atoms with Gasteiger partial charge in [0.25, 0.3) is 5.89 Å². The number of rotatable bonds is 3. The van der Waals surface area contributed by atoms with Gasteiger partial charge in [-0.2, -0.15) is 4.98 Å². The van der Waals surface area contributed by atoms with Crippen LogP contribution in [0.2, 0.25) is 0 Å². The number of para-hydroxylation sites is 1. The van der Waals surface area contributed by atoms with E-state index in [0.29, 0.717) is 28.5 Å². The van der Waals surface area contributed by atoms with Crippen molar-refractivity contribution in [2.45, 2.75) is 13.3 Å². The van der Waals surface area contributed by atoms with Gasteiger partial charge in [-0.15, -0.1) is 0 Å². The van der Waals surface area contributed by atoms with Crippen molar-refractivity contribution >= 4 is 5.69 Å². The highest BCUT2D eigenvalue weighted by atomic mass is 19.1. The molecule has 0 bridgehead atoms. The fourth-order valence-corrected chi connectivity index (χ4v) is 2.11. The van der Waals surface area contributed by atoms with Crippen LogP contribution in [0.4, 0.5) is 10.1 Å². The number of benzene rings is 2. The molecule has 0 unspecified atom stereocenters. The molecule has 0 aliphatic carbocycles. The van der Waals surface area contributed by atoms with E-state index >= 15 is 0 Å². The van der Waals surface area contributed by atoms with Gasteiger partial charge in [0.15, 0.2) is 5.82 Å². The highest BCUT2D eigenvalue weighted by molar-refractivity contribution is 5.73. The zero-order valence-electron chi connectivity index (χ0n) is 11.5. The van der Waals surface area contributed by atoms with Crippen LogP contribution in [0.1, 0.15) is 17.0 Å². The molecule has 2 N–H and O–H groups in total. The molecule has 3 rings (SSSR count). The van der Waals surface area contributed by atoms with Gasteiger partial charge < -0.3 is 10.3 Å². The van der Waals surface area contributed by atoms with Gasteiger partial charge in [-0.05, 0) is 30.2 Å². The van der Waals surface area contributed by atoms with Crippen LogP contribution < -0.4 is 5.73 Å². The molecule has 0 aliphatic heterocycles. The summed E-state index contributed by atoms with van der Waals surface area (Å²) >= 11 is 0. The first-order chi connectivity index (χ1) is 10.1. The van der Waals surface area contributed by atoms with Crippen molar-refractivity contribution < 1.29 is 8.91 Å². The second-order valence-corrected chi connectivity index (χ2v) is 4.82. The summed E-state index contributed by atoms with van der Waals surface area (Å²) in [5.74, 6) is 0.498. The van der Waals surface area contributed by atoms with Crippen LogP contribution in [0.5, 0.6) is 0 Å². The van der Waals surface area contributed by atoms with E-state index in [4.69, 9.17) is 10.3 Å². The molecule has 4 nitrogen and oxygen atoms in total. The van der Waals surface area contributed by atoms with Crippen molar-refractivity contribution in [1.29, 1.82) is 0 Å². The average molecular weight is 283 g/mol. The Kier molecular flexibility index (Phi) is 3.39. The lowest BCUT2D eigenvalue weighted by Gasteiger charge is -2.03. The molecule has 0 aliphatic rings. The van der Waals surface area contributed by atoms with Crippen LogP contribution in [0.25, 0.3) is 11.5 Å². The van der Waals surface area contributed by atoms with Gasteiger partial charge in [-0.1, -0.05) is 35.5 Å². The maximum absolute atomic E-state index is 13.6. The van der Waals surface area contributed by atoms with Crippen molar-refractivity contribution in [1.82, 2.24) is 10.1 Å². The van der Waals surface area contributed by atoms with E-state index < -0.39 is 0 Å². The number of nitrogens with zero attached hydrogens (tertiary/aromatic N) is 2. The standard InChI is InChI=1S/C16H14FN3O/c1-10-5-4-7-12(15(10)18)16-19-14(20-21-16)9-11-6-2-3-8-13(11)17/h2-8H,9,18H2,1H3. The van der Waals surface area contributed by atoms with Gasteiger partial charge in [0.2, 0.25) is 0 Å². The zero-order chi connectivity index (χ0) is 14.8. The maximum atomic E-state index is 13.6. The molecule has 0 spiro atoms. The molecule has 0 fully saturated rings. The second-order valence-electron chi connectivity index (χ2n) is 4.82. The van der Waals surface area contributed by atoms with Gasteiger partial charge in [0, 0.05) is 12.1 Å². The topological polar surface area (TPSA) is 64.9 Å². The van der Waals surface area contributed by atoms with Crippen LogP contribution in [-0.2, 0) is 6.42 Å². The van der Waals surface area contributed by atoms with E-state index in [1.54, 1.807) is 18.2 Å². The molecule has 1 aromatic heterocycles. The lowest BCUT2D eigenvalue weighted by molar-refractivity contribution is 0.423. The van der Waals surface area contributed by atoms with E-state index in [9.17, 15) is 4.39 Å². The summed E-state index contributed by atoms with van der Waals surface area (Å²) in [6.07, 6.45) is 0.280. The predicted octanol–water partition coefficient (Wildman–Crippen LogP) is 3.36. The van der Waals surface area contributed by atoms with Crippen LogP contribution in [0.3, 0.4) is 0 Å². The van der Waals surface area contributed by atoms with E-state index in [1.807, 2.05) is 25.1 Å². The molecule has 0 saturated heterocycles. The molecule has 0 radical (unpaired) electrons. The molecule has 5 heteroatoms. The molecule has 106 valence electrons. The van der Waals surface area contributed by atoms with Crippen molar-refractivity contribution in [3.8, 4) is 11.5 Å². The highest BCUT2D eigenvalue weighted by Gasteiger charge is 2.14. The summed E-state index contributed by atoms with van der Waals surface area (Å²) < 4.78 is 18.9. The third kappa shape index (κ3) is 2.63. The summed E-state index contributed by atoms with van der Waals surface area (Å²) in [4.78, 5) is 4.29. The number of halogens is 1. The number of aromatic nitrogens is 2. The molecular weight excluding hydrogens is 269 g/mol. The monoisotopic (exact) mass is 283 g/mol. The van der Waals surface area contributed by atoms with Crippen LogP contribution in [0.15, 0.2) is 47.0 Å². The number of hydrogen-bond donors (Lipinski definition) is 1. The Balaban J connectivity index is 1.90. The Hall–Kier alpha value is -2.69. The minimum atomic E-state index is -0.279. The van der Waals surface area contributed by atoms with Crippen LogP contribution in [-0.4, -0.2) is 10.1 Å². The molecule has 2 aromatic carbocycles. The van der Waals surface area contributed by atoms with Gasteiger partial charge >= 0.3 is 0 Å². The van der Waals surface area contributed by atoms with Crippen LogP contribution in [0, 0.1) is 12.7 Å². The Morgan fingerprint density at radius 3 is 2.76 bits per heavy atom. The molecular formula is C16H14FN3O. The lowest BCUT2D eigenvalue weighted by Crippen LogP contribution is -1.95. The Morgan fingerprint density at radius 1 is 1.14 bits per heavy atom. The first-order valence-corrected chi connectivity index (χ1v) is 6.56. The van der Waals surface area contributed by atoms with E-state index in [1.165, 1.54) is 6.07 Å². The summed E-state index contributed by atoms with van der Waals surface area (Å²) in [7, 11) is 0. The number of nitrogen functional groups attached to an aromatic ring is 1. The highest BCUT2D eigenvalue weighted by Crippen LogP contribution is 2.27. The Labute approximate surface area is 121 Å². The quantitative estimate of drug-likeness (QED) is 0.748. The fourth-order valence-electron chi connectivity index (χ4n) is 2.11. The number of hydrogen-bond acceptors (Lipinski definition) is 4. The fraction of sp³-hybridized carbons (Fsp3) is 0.125. The third-order valence-electron chi connectivity index (χ3n) is 3.33. The van der Waals surface area contributed by atoms with Crippen molar-refractivity contribution in [3.05, 3.63) is 65.2 Å². The smallest absolute Gasteiger partial charge is 0.260 e. The van der Waals surface area contributed by atoms with Crippen molar-refractivity contribution in [2.24, 2.45) is 0 Å². The Bertz CT molecular complexity index is 783. The van der Waals surface area contributed by atoms with Crippen molar-refractivity contribution in [3.63, 3.8) is 0 Å². The largest absolute Gasteiger partial charge is 0.398 e. The summed E-state index contributed by atoms with van der Waals surface area (Å²) in [5, 5.41) is 3.89. The Morgan fingerprint density at radius 2 is 1.95 bits per heavy atom. The number of aryl methyl sites for hydroxylation is 1. The van der Waals surface area contributed by atoms with Gasteiger partial charge in [0.1, 0.15) is 5.82 Å². The summed E-state index contributed by atoms with van der Waals surface area (Å²) in [6, 6.07) is 12.1. The minimum absolute atomic E-state index is 0.279. The normalized spacial score (nSPS) is 10.8. The molecule has 21 heavy (non-hydrogen) atoms. The predicted molar refractivity (Wildman–Crippen MR) is 78.1 cm³/mol. The van der Waals surface area contributed by atoms with Crippen LogP contribution >= 0.6 is 0 Å². The minimum Gasteiger partial charge on any atom is -0.398 e. The number of anilines is 1. The zero-order valence-corrected chi connectivity index (χ0v) is 11.5. The average Bonchev–Trinajstić information content (AvgIpc) is 2.93.